The van der Waals surface area contributed by atoms with Gasteiger partial charge in [0, 0.05) is 3.57 Å². The van der Waals surface area contributed by atoms with Crippen molar-refractivity contribution >= 4 is 45.2 Å². The summed E-state index contributed by atoms with van der Waals surface area (Å²) in [6.45, 7) is 5.20. The molecular formula is C19H22I2O. The van der Waals surface area contributed by atoms with Crippen molar-refractivity contribution in [1.82, 2.24) is 0 Å². The number of unbranched alkanes of at least 4 members (excludes halogenated alkanes) is 1. The smallest absolute Gasteiger partial charge is 0.133 e. The Labute approximate surface area is 161 Å². The predicted octanol–water partition coefficient (Wildman–Crippen LogP) is 6.69. The molecule has 0 atom stereocenters. The highest BCUT2D eigenvalue weighted by Gasteiger charge is 2.11. The van der Waals surface area contributed by atoms with Crippen LogP contribution in [0.1, 0.15) is 38.7 Å². The zero-order valence-corrected chi connectivity index (χ0v) is 17.5. The van der Waals surface area contributed by atoms with Crippen LogP contribution >= 0.6 is 45.2 Å². The number of rotatable bonds is 7. The van der Waals surface area contributed by atoms with E-state index in [0.29, 0.717) is 0 Å². The van der Waals surface area contributed by atoms with Crippen molar-refractivity contribution in [3.63, 3.8) is 0 Å². The van der Waals surface area contributed by atoms with Gasteiger partial charge in [0.2, 0.25) is 0 Å². The van der Waals surface area contributed by atoms with Crippen molar-refractivity contribution in [2.75, 3.05) is 6.61 Å². The second kappa shape index (κ2) is 9.11. The van der Waals surface area contributed by atoms with Crippen LogP contribution in [-0.2, 0) is 6.42 Å². The third-order valence-electron chi connectivity index (χ3n) is 3.61. The molecule has 22 heavy (non-hydrogen) atoms. The van der Waals surface area contributed by atoms with Crippen LogP contribution in [0.5, 0.6) is 5.75 Å². The molecule has 118 valence electrons. The fourth-order valence-corrected chi connectivity index (χ4v) is 3.72. The van der Waals surface area contributed by atoms with E-state index < -0.39 is 0 Å². The molecule has 0 aromatic heterocycles. The van der Waals surface area contributed by atoms with Crippen LogP contribution in [0.4, 0.5) is 0 Å². The lowest BCUT2D eigenvalue weighted by Crippen LogP contribution is -2.00. The van der Waals surface area contributed by atoms with Gasteiger partial charge < -0.3 is 4.74 Å². The highest BCUT2D eigenvalue weighted by atomic mass is 127. The van der Waals surface area contributed by atoms with Crippen molar-refractivity contribution in [2.45, 2.75) is 39.5 Å². The second-order valence-corrected chi connectivity index (χ2v) is 7.55. The van der Waals surface area contributed by atoms with Gasteiger partial charge in [-0.2, -0.15) is 0 Å². The first-order valence-corrected chi connectivity index (χ1v) is 10.0. The summed E-state index contributed by atoms with van der Waals surface area (Å²) in [6.07, 6.45) is 4.61. The Hall–Kier alpha value is -0.300. The molecule has 0 aliphatic rings. The molecule has 0 radical (unpaired) electrons. The van der Waals surface area contributed by atoms with Crippen LogP contribution in [-0.4, -0.2) is 6.61 Å². The lowest BCUT2D eigenvalue weighted by molar-refractivity contribution is 0.307. The fraction of sp³-hybridized carbons (Fsp3) is 0.368. The highest BCUT2D eigenvalue weighted by molar-refractivity contribution is 14.1. The average molecular weight is 520 g/mol. The minimum Gasteiger partial charge on any atom is -0.492 e. The Morgan fingerprint density at radius 1 is 0.864 bits per heavy atom. The minimum absolute atomic E-state index is 0.799. The van der Waals surface area contributed by atoms with Gasteiger partial charge in [0.15, 0.2) is 0 Å². The second-order valence-electron chi connectivity index (χ2n) is 5.39. The molecule has 0 spiro atoms. The van der Waals surface area contributed by atoms with Crippen LogP contribution in [0.3, 0.4) is 0 Å². The lowest BCUT2D eigenvalue weighted by Gasteiger charge is -2.13. The molecule has 0 saturated heterocycles. The molecule has 2 aromatic carbocycles. The van der Waals surface area contributed by atoms with Gasteiger partial charge in [-0.05, 0) is 86.8 Å². The third kappa shape index (κ3) is 4.60. The van der Waals surface area contributed by atoms with Gasteiger partial charge in [0.05, 0.1) is 10.2 Å². The lowest BCUT2D eigenvalue weighted by atomic mass is 10.0. The summed E-state index contributed by atoms with van der Waals surface area (Å²) < 4.78 is 8.37. The van der Waals surface area contributed by atoms with E-state index in [1.165, 1.54) is 30.3 Å². The maximum Gasteiger partial charge on any atom is 0.133 e. The molecule has 0 aliphatic heterocycles. The van der Waals surface area contributed by atoms with Crippen molar-refractivity contribution in [2.24, 2.45) is 0 Å². The molecule has 0 fully saturated rings. The van der Waals surface area contributed by atoms with E-state index in [1.54, 1.807) is 0 Å². The normalized spacial score (nSPS) is 10.7. The number of hydrogen-bond donors (Lipinski definition) is 0. The molecule has 1 nitrogen and oxygen atoms in total. The topological polar surface area (TPSA) is 9.23 Å². The fourth-order valence-electron chi connectivity index (χ4n) is 2.33. The SMILES string of the molecule is CCCCOc1ccc(-c2ccc(CCC)cc2)c(I)c1I. The summed E-state index contributed by atoms with van der Waals surface area (Å²) in [5.74, 6) is 1.00. The van der Waals surface area contributed by atoms with Gasteiger partial charge in [-0.15, -0.1) is 0 Å². The van der Waals surface area contributed by atoms with Gasteiger partial charge in [-0.1, -0.05) is 51.0 Å². The van der Waals surface area contributed by atoms with Crippen molar-refractivity contribution in [3.8, 4) is 16.9 Å². The van der Waals surface area contributed by atoms with Gasteiger partial charge in [0.1, 0.15) is 5.75 Å². The van der Waals surface area contributed by atoms with Gasteiger partial charge in [-0.25, -0.2) is 0 Å². The minimum atomic E-state index is 0.799. The maximum absolute atomic E-state index is 5.89. The Bertz CT molecular complexity index is 606. The Morgan fingerprint density at radius 2 is 1.59 bits per heavy atom. The van der Waals surface area contributed by atoms with E-state index in [0.717, 1.165) is 31.6 Å². The van der Waals surface area contributed by atoms with Crippen molar-refractivity contribution in [3.05, 3.63) is 49.1 Å². The van der Waals surface area contributed by atoms with E-state index in [-0.39, 0.29) is 0 Å². The largest absolute Gasteiger partial charge is 0.492 e. The number of hydrogen-bond acceptors (Lipinski definition) is 1. The summed E-state index contributed by atoms with van der Waals surface area (Å²) in [6, 6.07) is 13.2. The molecule has 0 saturated carbocycles. The summed E-state index contributed by atoms with van der Waals surface area (Å²) in [5.41, 5.74) is 3.98. The van der Waals surface area contributed by atoms with Crippen molar-refractivity contribution < 1.29 is 4.74 Å². The van der Waals surface area contributed by atoms with Crippen molar-refractivity contribution in [1.29, 1.82) is 0 Å². The quantitative estimate of drug-likeness (QED) is 0.292. The molecule has 0 bridgehead atoms. The number of aryl methyl sites for hydroxylation is 1. The van der Waals surface area contributed by atoms with E-state index in [9.17, 15) is 0 Å². The van der Waals surface area contributed by atoms with Crippen LogP contribution < -0.4 is 4.74 Å². The highest BCUT2D eigenvalue weighted by Crippen LogP contribution is 2.34. The Balaban J connectivity index is 2.22. The van der Waals surface area contributed by atoms with Crippen LogP contribution in [0.15, 0.2) is 36.4 Å². The van der Waals surface area contributed by atoms with E-state index in [1.807, 2.05) is 0 Å². The van der Waals surface area contributed by atoms with Crippen LogP contribution in [0.25, 0.3) is 11.1 Å². The molecule has 0 heterocycles. The predicted molar refractivity (Wildman–Crippen MR) is 112 cm³/mol. The van der Waals surface area contributed by atoms with Gasteiger partial charge >= 0.3 is 0 Å². The Kier molecular flexibility index (Phi) is 7.47. The Morgan fingerprint density at radius 3 is 2.23 bits per heavy atom. The number of benzene rings is 2. The van der Waals surface area contributed by atoms with E-state index in [2.05, 4.69) is 95.4 Å². The standard InChI is InChI=1S/C19H22I2O/c1-3-5-13-22-17-12-11-16(18(20)19(17)21)15-9-7-14(6-4-2)8-10-15/h7-12H,3-6,13H2,1-2H3. The third-order valence-corrected chi connectivity index (χ3v) is 6.83. The molecule has 0 amide bonds. The van der Waals surface area contributed by atoms with Crippen LogP contribution in [0, 0.1) is 7.14 Å². The monoisotopic (exact) mass is 520 g/mol. The first-order chi connectivity index (χ1) is 10.7. The first kappa shape index (κ1) is 18.0. The van der Waals surface area contributed by atoms with Crippen LogP contribution in [0.2, 0.25) is 0 Å². The summed E-state index contributed by atoms with van der Waals surface area (Å²) in [4.78, 5) is 0. The molecule has 2 aromatic rings. The molecule has 0 aliphatic carbocycles. The summed E-state index contributed by atoms with van der Waals surface area (Å²) in [5, 5.41) is 0. The number of halogens is 2. The maximum atomic E-state index is 5.89. The molecular weight excluding hydrogens is 498 g/mol. The first-order valence-electron chi connectivity index (χ1n) is 7.87. The van der Waals surface area contributed by atoms with E-state index in [4.69, 9.17) is 4.74 Å². The van der Waals surface area contributed by atoms with E-state index >= 15 is 0 Å². The molecule has 2 rings (SSSR count). The van der Waals surface area contributed by atoms with Gasteiger partial charge in [-0.3, -0.25) is 0 Å². The molecule has 3 heteroatoms. The molecule has 0 unspecified atom stereocenters. The number of ether oxygens (including phenoxy) is 1. The zero-order chi connectivity index (χ0) is 15.9. The average Bonchev–Trinajstić information content (AvgIpc) is 2.53. The zero-order valence-electron chi connectivity index (χ0n) is 13.2. The van der Waals surface area contributed by atoms with Gasteiger partial charge in [0.25, 0.3) is 0 Å². The molecule has 0 N–H and O–H groups in total. The summed E-state index contributed by atoms with van der Waals surface area (Å²) >= 11 is 4.83. The summed E-state index contributed by atoms with van der Waals surface area (Å²) in [7, 11) is 0.